The molecule has 0 saturated carbocycles. The Kier molecular flexibility index (Phi) is 6.07. The first-order chi connectivity index (χ1) is 17.2. The number of nitrogens with zero attached hydrogens (tertiary/aromatic N) is 4. The van der Waals surface area contributed by atoms with Gasteiger partial charge in [0.15, 0.2) is 12.0 Å². The summed E-state index contributed by atoms with van der Waals surface area (Å²) in [4.78, 5) is 17.7. The van der Waals surface area contributed by atoms with Gasteiger partial charge in [-0.15, -0.1) is 10.2 Å². The van der Waals surface area contributed by atoms with Crippen molar-refractivity contribution in [2.45, 2.75) is 24.9 Å². The summed E-state index contributed by atoms with van der Waals surface area (Å²) in [5.41, 5.74) is 3.82. The second-order valence-corrected chi connectivity index (χ2v) is 10.4. The molecular weight excluding hydrogens is 500 g/mol. The molecule has 0 spiro atoms. The molecule has 0 fully saturated rings. The van der Waals surface area contributed by atoms with E-state index < -0.39 is 22.2 Å². The molecule has 5 rings (SSSR count). The van der Waals surface area contributed by atoms with Crippen molar-refractivity contribution in [2.24, 2.45) is 4.99 Å². The number of aromatic nitrogens is 3. The van der Waals surface area contributed by atoms with Gasteiger partial charge in [-0.1, -0.05) is 59.6 Å². The molecule has 2 heterocycles. The molecule has 1 aliphatic heterocycles. The molecule has 1 unspecified atom stereocenters. The Labute approximate surface area is 212 Å². The summed E-state index contributed by atoms with van der Waals surface area (Å²) in [5.74, 6) is 0.927. The summed E-state index contributed by atoms with van der Waals surface area (Å²) < 4.78 is 29.4. The van der Waals surface area contributed by atoms with Crippen LogP contribution in [0.2, 0.25) is 5.02 Å². The molecule has 3 aromatic carbocycles. The maximum absolute atomic E-state index is 12.9. The molecule has 4 aromatic rings. The molecule has 0 aliphatic carbocycles. The van der Waals surface area contributed by atoms with Gasteiger partial charge in [0.25, 0.3) is 10.0 Å². The number of amides is 2. The Morgan fingerprint density at radius 1 is 0.944 bits per heavy atom. The van der Waals surface area contributed by atoms with Crippen LogP contribution >= 0.6 is 11.6 Å². The molecule has 36 heavy (non-hydrogen) atoms. The van der Waals surface area contributed by atoms with Crippen LogP contribution in [0.3, 0.4) is 0 Å². The third-order valence-corrected chi connectivity index (χ3v) is 7.30. The highest BCUT2D eigenvalue weighted by atomic mass is 35.5. The topological polar surface area (TPSA) is 118 Å². The standard InChI is InChI=1S/C25H21ClN6O3S/c1-15-7-13-19(14-8-15)36(34,35)31-25(33)28-23-24-30-29-16(2)32(24)21-6-4-3-5-20(21)22(27-23)17-9-11-18(26)12-10-17/h3-14,23H,1-2H3,(H2,28,31,33). The Morgan fingerprint density at radius 2 is 1.64 bits per heavy atom. The fourth-order valence-corrected chi connectivity index (χ4v) is 5.01. The smallest absolute Gasteiger partial charge is 0.309 e. The third kappa shape index (κ3) is 4.48. The number of hydrogen-bond donors (Lipinski definition) is 2. The number of nitrogens with one attached hydrogen (secondary N) is 2. The normalized spacial score (nSPS) is 14.8. The Balaban J connectivity index is 1.55. The minimum absolute atomic E-state index is 0.0270. The number of carbonyl (C=O) groups excluding carboxylic acids is 1. The molecule has 0 radical (unpaired) electrons. The molecule has 0 bridgehead atoms. The monoisotopic (exact) mass is 520 g/mol. The zero-order valence-corrected chi connectivity index (χ0v) is 20.9. The van der Waals surface area contributed by atoms with Crippen LogP contribution < -0.4 is 10.0 Å². The van der Waals surface area contributed by atoms with Crippen LogP contribution in [0.15, 0.2) is 82.7 Å². The van der Waals surface area contributed by atoms with Gasteiger partial charge in [0.05, 0.1) is 16.3 Å². The lowest BCUT2D eigenvalue weighted by Crippen LogP contribution is -2.41. The van der Waals surface area contributed by atoms with E-state index in [0.717, 1.165) is 22.4 Å². The average molecular weight is 521 g/mol. The van der Waals surface area contributed by atoms with Crippen molar-refractivity contribution in [1.29, 1.82) is 0 Å². The van der Waals surface area contributed by atoms with E-state index in [-0.39, 0.29) is 4.90 Å². The number of benzene rings is 3. The van der Waals surface area contributed by atoms with Crippen LogP contribution in [-0.2, 0) is 10.0 Å². The van der Waals surface area contributed by atoms with Gasteiger partial charge >= 0.3 is 6.03 Å². The molecule has 11 heteroatoms. The van der Waals surface area contributed by atoms with E-state index in [0.29, 0.717) is 22.4 Å². The maximum Gasteiger partial charge on any atom is 0.330 e. The van der Waals surface area contributed by atoms with Gasteiger partial charge in [0.1, 0.15) is 5.82 Å². The van der Waals surface area contributed by atoms with Gasteiger partial charge < -0.3 is 5.32 Å². The van der Waals surface area contributed by atoms with Crippen LogP contribution in [0.4, 0.5) is 4.79 Å². The Bertz CT molecular complexity index is 1600. The number of halogens is 1. The summed E-state index contributed by atoms with van der Waals surface area (Å²) in [7, 11) is -4.10. The Morgan fingerprint density at radius 3 is 2.36 bits per heavy atom. The molecule has 0 saturated heterocycles. The molecule has 1 aliphatic rings. The van der Waals surface area contributed by atoms with Crippen LogP contribution in [0.1, 0.15) is 34.5 Å². The predicted octanol–water partition coefficient (Wildman–Crippen LogP) is 4.08. The van der Waals surface area contributed by atoms with Gasteiger partial charge in [-0.05, 0) is 44.2 Å². The third-order valence-electron chi connectivity index (χ3n) is 5.70. The van der Waals surface area contributed by atoms with Gasteiger partial charge in [0.2, 0.25) is 0 Å². The number of hydrogen-bond acceptors (Lipinski definition) is 6. The molecule has 9 nitrogen and oxygen atoms in total. The van der Waals surface area contributed by atoms with Crippen molar-refractivity contribution in [2.75, 3.05) is 0 Å². The maximum atomic E-state index is 12.9. The molecule has 1 atom stereocenters. The lowest BCUT2D eigenvalue weighted by molar-refractivity contribution is 0.242. The summed E-state index contributed by atoms with van der Waals surface area (Å²) in [6.07, 6.45) is -1.03. The lowest BCUT2D eigenvalue weighted by Gasteiger charge is -2.15. The lowest BCUT2D eigenvalue weighted by atomic mass is 10.0. The molecular formula is C25H21ClN6O3S. The van der Waals surface area contributed by atoms with Gasteiger partial charge in [-0.2, -0.15) is 0 Å². The number of aliphatic imine (C=N–C) groups is 1. The highest BCUT2D eigenvalue weighted by molar-refractivity contribution is 7.90. The number of fused-ring (bicyclic) bond motifs is 3. The van der Waals surface area contributed by atoms with E-state index in [1.807, 2.05) is 43.3 Å². The van der Waals surface area contributed by atoms with Crippen molar-refractivity contribution in [3.63, 3.8) is 0 Å². The summed E-state index contributed by atoms with van der Waals surface area (Å²) >= 11 is 6.09. The highest BCUT2D eigenvalue weighted by Gasteiger charge is 2.30. The first kappa shape index (κ1) is 23.7. The fraction of sp³-hybridized carbons (Fsp3) is 0.120. The van der Waals surface area contributed by atoms with Crippen molar-refractivity contribution in [3.8, 4) is 5.69 Å². The van der Waals surface area contributed by atoms with E-state index in [2.05, 4.69) is 20.2 Å². The summed E-state index contributed by atoms with van der Waals surface area (Å²) in [5, 5.41) is 11.6. The van der Waals surface area contributed by atoms with Crippen LogP contribution in [-0.4, -0.2) is 34.9 Å². The number of aryl methyl sites for hydroxylation is 2. The minimum atomic E-state index is -4.10. The molecule has 2 N–H and O–H groups in total. The minimum Gasteiger partial charge on any atom is -0.309 e. The van der Waals surface area contributed by atoms with E-state index in [9.17, 15) is 13.2 Å². The van der Waals surface area contributed by atoms with E-state index in [4.69, 9.17) is 16.6 Å². The molecule has 182 valence electrons. The number of para-hydroxylation sites is 1. The van der Waals surface area contributed by atoms with E-state index in [1.54, 1.807) is 35.8 Å². The highest BCUT2D eigenvalue weighted by Crippen LogP contribution is 2.30. The van der Waals surface area contributed by atoms with Crippen molar-refractivity contribution >= 4 is 33.4 Å². The van der Waals surface area contributed by atoms with Crippen LogP contribution in [0.25, 0.3) is 5.69 Å². The average Bonchev–Trinajstić information content (AvgIpc) is 3.17. The van der Waals surface area contributed by atoms with E-state index >= 15 is 0 Å². The van der Waals surface area contributed by atoms with Crippen molar-refractivity contribution < 1.29 is 13.2 Å². The predicted molar refractivity (Wildman–Crippen MR) is 136 cm³/mol. The number of sulfonamides is 1. The van der Waals surface area contributed by atoms with Gasteiger partial charge in [-0.25, -0.2) is 17.9 Å². The quantitative estimate of drug-likeness (QED) is 0.420. The van der Waals surface area contributed by atoms with E-state index in [1.165, 1.54) is 12.1 Å². The van der Waals surface area contributed by atoms with Crippen molar-refractivity contribution in [3.05, 3.63) is 106 Å². The first-order valence-corrected chi connectivity index (χ1v) is 12.8. The SMILES string of the molecule is Cc1ccc(S(=O)(=O)NC(=O)NC2N=C(c3ccc(Cl)cc3)c3ccccc3-n3c(C)nnc32)cc1. The summed E-state index contributed by atoms with van der Waals surface area (Å²) in [6.45, 7) is 3.63. The van der Waals surface area contributed by atoms with Crippen LogP contribution in [0, 0.1) is 13.8 Å². The zero-order valence-electron chi connectivity index (χ0n) is 19.3. The summed E-state index contributed by atoms with van der Waals surface area (Å²) in [6, 6.07) is 20.0. The Hall–Kier alpha value is -4.02. The number of carbonyl (C=O) groups is 1. The number of urea groups is 1. The number of rotatable bonds is 4. The molecule has 2 amide bonds. The first-order valence-electron chi connectivity index (χ1n) is 11.0. The van der Waals surface area contributed by atoms with Gasteiger partial charge in [-0.3, -0.25) is 9.56 Å². The second-order valence-electron chi connectivity index (χ2n) is 8.24. The van der Waals surface area contributed by atoms with Gasteiger partial charge in [0, 0.05) is 16.1 Å². The van der Waals surface area contributed by atoms with Crippen molar-refractivity contribution in [1.82, 2.24) is 24.8 Å². The fourth-order valence-electron chi connectivity index (χ4n) is 3.97. The largest absolute Gasteiger partial charge is 0.330 e. The molecule has 1 aromatic heterocycles. The second kappa shape index (κ2) is 9.21. The zero-order chi connectivity index (χ0) is 25.4. The van der Waals surface area contributed by atoms with Crippen LogP contribution in [0.5, 0.6) is 0 Å².